The first-order valence-corrected chi connectivity index (χ1v) is 10.1. The van der Waals surface area contributed by atoms with E-state index in [-0.39, 0.29) is 29.6 Å². The van der Waals surface area contributed by atoms with Gasteiger partial charge in [-0.25, -0.2) is 0 Å². The third-order valence-corrected chi connectivity index (χ3v) is 6.25. The number of piperazine rings is 1. The van der Waals surface area contributed by atoms with Crippen LogP contribution in [0, 0.1) is 5.92 Å². The van der Waals surface area contributed by atoms with E-state index in [0.717, 1.165) is 19.0 Å². The second-order valence-corrected chi connectivity index (χ2v) is 9.90. The van der Waals surface area contributed by atoms with Crippen molar-refractivity contribution in [2.75, 3.05) is 26.2 Å². The Bertz CT molecular complexity index is 507. The average molecular weight is 405 g/mol. The molecule has 1 saturated heterocycles. The van der Waals surface area contributed by atoms with E-state index in [1.54, 1.807) is 5.56 Å². The predicted molar refractivity (Wildman–Crippen MR) is 116 cm³/mol. The number of nitrogens with zero attached hydrogens (tertiary/aromatic N) is 1. The fraction of sp³-hybridized carbons (Fsp3) is 0.700. The van der Waals surface area contributed by atoms with E-state index in [9.17, 15) is 0 Å². The van der Waals surface area contributed by atoms with Crippen LogP contribution in [0.25, 0.3) is 0 Å². The molecular weight excluding hydrogens is 371 g/mol. The Kier molecular flexibility index (Phi) is 9.63. The summed E-state index contributed by atoms with van der Waals surface area (Å²) in [4.78, 5) is 4.25. The van der Waals surface area contributed by atoms with Crippen molar-refractivity contribution in [2.45, 2.75) is 62.1 Å². The minimum atomic E-state index is 0. The fourth-order valence-electron chi connectivity index (χ4n) is 4.13. The number of nitrogens with one attached hydrogen (secondary N) is 1. The number of thioether (sulfide) groups is 1. The first-order valence-electron chi connectivity index (χ1n) is 9.27. The molecule has 1 atom stereocenters. The molecule has 1 saturated carbocycles. The zero-order valence-corrected chi connectivity index (χ0v) is 18.2. The van der Waals surface area contributed by atoms with Gasteiger partial charge in [-0.2, -0.15) is 0 Å². The van der Waals surface area contributed by atoms with Crippen molar-refractivity contribution in [1.82, 2.24) is 10.2 Å². The van der Waals surface area contributed by atoms with Crippen LogP contribution in [-0.2, 0) is 0 Å². The molecule has 2 fully saturated rings. The highest BCUT2D eigenvalue weighted by Crippen LogP contribution is 2.44. The largest absolute Gasteiger partial charge is 0.314 e. The molecule has 1 heterocycles. The van der Waals surface area contributed by atoms with Gasteiger partial charge in [-0.1, -0.05) is 51.8 Å². The average Bonchev–Trinajstić information content (AvgIpc) is 3.03. The second kappa shape index (κ2) is 10.4. The first-order chi connectivity index (χ1) is 11.0. The maximum Gasteiger partial charge on any atom is 0.0388 e. The van der Waals surface area contributed by atoms with E-state index in [0.29, 0.717) is 6.04 Å². The molecule has 0 bridgehead atoms. The van der Waals surface area contributed by atoms with E-state index in [2.05, 4.69) is 55.3 Å². The Balaban J connectivity index is 0.00000156. The van der Waals surface area contributed by atoms with E-state index in [1.165, 1.54) is 43.7 Å². The number of rotatable bonds is 4. The Morgan fingerprint density at radius 3 is 2.24 bits per heavy atom. The topological polar surface area (TPSA) is 15.3 Å². The molecule has 1 aliphatic carbocycles. The van der Waals surface area contributed by atoms with Crippen molar-refractivity contribution >= 4 is 36.6 Å². The Labute approximate surface area is 170 Å². The van der Waals surface area contributed by atoms with Gasteiger partial charge in [0.2, 0.25) is 0 Å². The van der Waals surface area contributed by atoms with Gasteiger partial charge in [0.15, 0.2) is 0 Å². The zero-order valence-electron chi connectivity index (χ0n) is 15.8. The van der Waals surface area contributed by atoms with Crippen LogP contribution in [0.3, 0.4) is 0 Å². The van der Waals surface area contributed by atoms with Crippen LogP contribution in [0.2, 0.25) is 0 Å². The molecule has 1 aromatic carbocycles. The SMILES string of the molecule is CC(C)(C)Sc1ccccc1[C@@H](C1CCCC1)N1CCNCC1.Cl.Cl. The smallest absolute Gasteiger partial charge is 0.0388 e. The van der Waals surface area contributed by atoms with Crippen LogP contribution < -0.4 is 5.32 Å². The fourth-order valence-corrected chi connectivity index (χ4v) is 5.24. The van der Waals surface area contributed by atoms with Crippen LogP contribution in [0.15, 0.2) is 29.2 Å². The molecule has 0 unspecified atom stereocenters. The van der Waals surface area contributed by atoms with Crippen molar-refractivity contribution in [3.8, 4) is 0 Å². The summed E-state index contributed by atoms with van der Waals surface area (Å²) in [6, 6.07) is 9.81. The van der Waals surface area contributed by atoms with Crippen molar-refractivity contribution in [2.24, 2.45) is 5.92 Å². The highest BCUT2D eigenvalue weighted by atomic mass is 35.5. The Morgan fingerprint density at radius 2 is 1.64 bits per heavy atom. The number of benzene rings is 1. The van der Waals surface area contributed by atoms with Gasteiger partial charge in [0, 0.05) is 41.9 Å². The number of hydrogen-bond donors (Lipinski definition) is 1. The lowest BCUT2D eigenvalue weighted by Crippen LogP contribution is -2.46. The second-order valence-electron chi connectivity index (χ2n) is 8.03. The molecule has 5 heteroatoms. The summed E-state index contributed by atoms with van der Waals surface area (Å²) in [7, 11) is 0. The molecule has 3 rings (SSSR count). The lowest BCUT2D eigenvalue weighted by atomic mass is 9.89. The molecule has 1 aromatic rings. The van der Waals surface area contributed by atoms with Crippen LogP contribution in [-0.4, -0.2) is 35.8 Å². The molecule has 1 N–H and O–H groups in total. The summed E-state index contributed by atoms with van der Waals surface area (Å²) in [6.45, 7) is 11.6. The van der Waals surface area contributed by atoms with E-state index >= 15 is 0 Å². The highest BCUT2D eigenvalue weighted by Gasteiger charge is 2.33. The van der Waals surface area contributed by atoms with Crippen molar-refractivity contribution < 1.29 is 0 Å². The Hall–Kier alpha value is 0.0700. The standard InChI is InChI=1S/C20H32N2S.2ClH/c1-20(2,3)23-18-11-7-6-10-17(18)19(16-8-4-5-9-16)22-14-12-21-13-15-22;;/h6-7,10-11,16,19,21H,4-5,8-9,12-15H2,1-3H3;2*1H/t19-;;/m1../s1. The van der Waals surface area contributed by atoms with Crippen LogP contribution >= 0.6 is 36.6 Å². The lowest BCUT2D eigenvalue weighted by molar-refractivity contribution is 0.123. The first kappa shape index (κ1) is 23.1. The van der Waals surface area contributed by atoms with E-state index in [4.69, 9.17) is 0 Å². The maximum absolute atomic E-state index is 3.52. The van der Waals surface area contributed by atoms with Crippen LogP contribution in [0.1, 0.15) is 58.1 Å². The van der Waals surface area contributed by atoms with E-state index in [1.807, 2.05) is 11.8 Å². The summed E-state index contributed by atoms with van der Waals surface area (Å²) >= 11 is 2.04. The lowest BCUT2D eigenvalue weighted by Gasteiger charge is -2.39. The molecule has 2 nitrogen and oxygen atoms in total. The van der Waals surface area contributed by atoms with Gasteiger partial charge in [-0.05, 0) is 30.4 Å². The molecular formula is C20H34Cl2N2S. The molecule has 0 spiro atoms. The van der Waals surface area contributed by atoms with Gasteiger partial charge in [-0.15, -0.1) is 36.6 Å². The monoisotopic (exact) mass is 404 g/mol. The van der Waals surface area contributed by atoms with Gasteiger partial charge < -0.3 is 5.32 Å². The molecule has 0 aromatic heterocycles. The summed E-state index contributed by atoms with van der Waals surface area (Å²) in [5.41, 5.74) is 1.58. The number of hydrogen-bond acceptors (Lipinski definition) is 3. The molecule has 1 aliphatic heterocycles. The Morgan fingerprint density at radius 1 is 1.04 bits per heavy atom. The van der Waals surface area contributed by atoms with Gasteiger partial charge >= 0.3 is 0 Å². The third-order valence-electron chi connectivity index (χ3n) is 5.05. The predicted octanol–water partition coefficient (Wildman–Crippen LogP) is 5.56. The van der Waals surface area contributed by atoms with Crippen LogP contribution in [0.5, 0.6) is 0 Å². The maximum atomic E-state index is 3.52. The molecule has 25 heavy (non-hydrogen) atoms. The summed E-state index contributed by atoms with van der Waals surface area (Å²) in [5.74, 6) is 0.842. The molecule has 144 valence electrons. The van der Waals surface area contributed by atoms with Gasteiger partial charge in [0.1, 0.15) is 0 Å². The normalized spacial score (nSPS) is 20.6. The van der Waals surface area contributed by atoms with Crippen LogP contribution in [0.4, 0.5) is 0 Å². The van der Waals surface area contributed by atoms with Gasteiger partial charge in [0.05, 0.1) is 0 Å². The van der Waals surface area contributed by atoms with Gasteiger partial charge in [0.25, 0.3) is 0 Å². The third kappa shape index (κ3) is 6.32. The van der Waals surface area contributed by atoms with Crippen molar-refractivity contribution in [1.29, 1.82) is 0 Å². The van der Waals surface area contributed by atoms with Crippen molar-refractivity contribution in [3.05, 3.63) is 29.8 Å². The summed E-state index contributed by atoms with van der Waals surface area (Å²) in [6.07, 6.45) is 5.65. The minimum absolute atomic E-state index is 0. The molecule has 2 aliphatic rings. The van der Waals surface area contributed by atoms with Crippen molar-refractivity contribution in [3.63, 3.8) is 0 Å². The summed E-state index contributed by atoms with van der Waals surface area (Å²) in [5, 5.41) is 3.52. The molecule has 0 radical (unpaired) electrons. The number of halogens is 2. The quantitative estimate of drug-likeness (QED) is 0.661. The molecule has 0 amide bonds. The zero-order chi connectivity index (χ0) is 16.3. The van der Waals surface area contributed by atoms with E-state index < -0.39 is 0 Å². The van der Waals surface area contributed by atoms with Gasteiger partial charge in [-0.3, -0.25) is 4.90 Å². The highest BCUT2D eigenvalue weighted by molar-refractivity contribution is 8.00. The minimum Gasteiger partial charge on any atom is -0.314 e. The summed E-state index contributed by atoms with van der Waals surface area (Å²) < 4.78 is 0.264.